The SMILES string of the molecule is Cc1nn(-c2ccc(N3CCC(C)CC3)cc2)c(C)c1C=O. The summed E-state index contributed by atoms with van der Waals surface area (Å²) in [5.74, 6) is 0.840. The third-order valence-electron chi connectivity index (χ3n) is 4.71. The molecule has 22 heavy (non-hydrogen) atoms. The van der Waals surface area contributed by atoms with Gasteiger partial charge in [-0.25, -0.2) is 4.68 Å². The Balaban J connectivity index is 1.84. The molecule has 0 unspecified atom stereocenters. The number of rotatable bonds is 3. The van der Waals surface area contributed by atoms with Gasteiger partial charge in [0.05, 0.1) is 22.6 Å². The molecule has 3 rings (SSSR count). The van der Waals surface area contributed by atoms with E-state index in [1.54, 1.807) is 0 Å². The van der Waals surface area contributed by atoms with Gasteiger partial charge in [-0.2, -0.15) is 5.10 Å². The Morgan fingerprint density at radius 1 is 1.09 bits per heavy atom. The predicted octanol–water partition coefficient (Wildman–Crippen LogP) is 3.54. The molecule has 1 aliphatic rings. The number of anilines is 1. The summed E-state index contributed by atoms with van der Waals surface area (Å²) in [7, 11) is 0. The molecular weight excluding hydrogens is 274 g/mol. The van der Waals surface area contributed by atoms with E-state index in [-0.39, 0.29) is 0 Å². The fourth-order valence-electron chi connectivity index (χ4n) is 3.15. The molecule has 0 aliphatic carbocycles. The molecule has 2 heterocycles. The van der Waals surface area contributed by atoms with Gasteiger partial charge in [-0.1, -0.05) is 6.92 Å². The fourth-order valence-corrected chi connectivity index (χ4v) is 3.15. The highest BCUT2D eigenvalue weighted by Crippen LogP contribution is 2.24. The minimum absolute atomic E-state index is 0.689. The predicted molar refractivity (Wildman–Crippen MR) is 89.0 cm³/mol. The minimum Gasteiger partial charge on any atom is -0.372 e. The molecule has 0 atom stereocenters. The van der Waals surface area contributed by atoms with Gasteiger partial charge in [-0.05, 0) is 56.9 Å². The van der Waals surface area contributed by atoms with Crippen LogP contribution in [0.4, 0.5) is 5.69 Å². The third kappa shape index (κ3) is 2.65. The van der Waals surface area contributed by atoms with Crippen molar-refractivity contribution in [2.75, 3.05) is 18.0 Å². The highest BCUT2D eigenvalue weighted by molar-refractivity contribution is 5.78. The van der Waals surface area contributed by atoms with Crippen molar-refractivity contribution in [1.82, 2.24) is 9.78 Å². The Kier molecular flexibility index (Phi) is 4.01. The molecule has 116 valence electrons. The summed E-state index contributed by atoms with van der Waals surface area (Å²) in [4.78, 5) is 13.6. The lowest BCUT2D eigenvalue weighted by molar-refractivity contribution is 0.112. The van der Waals surface area contributed by atoms with Gasteiger partial charge in [0.2, 0.25) is 0 Å². The Morgan fingerprint density at radius 2 is 1.68 bits per heavy atom. The molecule has 1 aromatic heterocycles. The first-order chi connectivity index (χ1) is 10.6. The molecule has 0 bridgehead atoms. The largest absolute Gasteiger partial charge is 0.372 e. The molecular formula is C18H23N3O. The molecule has 1 saturated heterocycles. The number of hydrogen-bond acceptors (Lipinski definition) is 3. The summed E-state index contributed by atoms with van der Waals surface area (Å²) in [6.45, 7) is 8.40. The summed E-state index contributed by atoms with van der Waals surface area (Å²) in [5, 5.41) is 4.48. The normalized spacial score (nSPS) is 16.0. The number of nitrogens with zero attached hydrogens (tertiary/aromatic N) is 3. The monoisotopic (exact) mass is 297 g/mol. The molecule has 0 N–H and O–H groups in total. The average molecular weight is 297 g/mol. The number of piperidine rings is 1. The number of carbonyl (C=O) groups is 1. The number of benzene rings is 1. The molecule has 0 saturated carbocycles. The Bertz CT molecular complexity index is 664. The first-order valence-corrected chi connectivity index (χ1v) is 7.97. The van der Waals surface area contributed by atoms with Crippen LogP contribution in [-0.2, 0) is 0 Å². The van der Waals surface area contributed by atoms with Gasteiger partial charge in [-0.3, -0.25) is 4.79 Å². The van der Waals surface area contributed by atoms with Crippen LogP contribution in [-0.4, -0.2) is 29.2 Å². The standard InChI is InChI=1S/C18H23N3O/c1-13-8-10-20(11-9-13)16-4-6-17(7-5-16)21-15(3)18(12-22)14(2)19-21/h4-7,12-13H,8-11H2,1-3H3. The Labute approximate surface area is 131 Å². The van der Waals surface area contributed by atoms with Gasteiger partial charge < -0.3 is 4.90 Å². The van der Waals surface area contributed by atoms with Gasteiger partial charge >= 0.3 is 0 Å². The average Bonchev–Trinajstić information content (AvgIpc) is 2.82. The maximum absolute atomic E-state index is 11.1. The molecule has 4 nitrogen and oxygen atoms in total. The summed E-state index contributed by atoms with van der Waals surface area (Å²) in [6.07, 6.45) is 3.42. The summed E-state index contributed by atoms with van der Waals surface area (Å²) in [5.41, 5.74) is 4.64. The smallest absolute Gasteiger partial charge is 0.153 e. The van der Waals surface area contributed by atoms with Gasteiger partial charge in [0, 0.05) is 18.8 Å². The zero-order chi connectivity index (χ0) is 15.7. The van der Waals surface area contributed by atoms with Crippen molar-refractivity contribution < 1.29 is 4.79 Å². The number of aldehydes is 1. The van der Waals surface area contributed by atoms with E-state index < -0.39 is 0 Å². The van der Waals surface area contributed by atoms with Gasteiger partial charge in [0.25, 0.3) is 0 Å². The van der Waals surface area contributed by atoms with Crippen LogP contribution in [0, 0.1) is 19.8 Å². The zero-order valence-corrected chi connectivity index (χ0v) is 13.5. The molecule has 0 amide bonds. The van der Waals surface area contributed by atoms with E-state index in [1.807, 2.05) is 18.5 Å². The molecule has 1 aromatic carbocycles. The first kappa shape index (κ1) is 14.8. The van der Waals surface area contributed by atoms with Crippen molar-refractivity contribution in [2.45, 2.75) is 33.6 Å². The number of aromatic nitrogens is 2. The fraction of sp³-hybridized carbons (Fsp3) is 0.444. The highest BCUT2D eigenvalue weighted by Gasteiger charge is 2.16. The van der Waals surface area contributed by atoms with Crippen molar-refractivity contribution in [1.29, 1.82) is 0 Å². The minimum atomic E-state index is 0.689. The molecule has 1 aliphatic heterocycles. The van der Waals surface area contributed by atoms with Crippen LogP contribution in [0.1, 0.15) is 41.5 Å². The summed E-state index contributed by atoms with van der Waals surface area (Å²) >= 11 is 0. The van der Waals surface area contributed by atoms with Crippen LogP contribution < -0.4 is 4.90 Å². The molecule has 2 aromatic rings. The van der Waals surface area contributed by atoms with Gasteiger partial charge in [-0.15, -0.1) is 0 Å². The number of aryl methyl sites for hydroxylation is 1. The lowest BCUT2D eigenvalue weighted by atomic mass is 9.99. The van der Waals surface area contributed by atoms with Crippen LogP contribution in [0.25, 0.3) is 5.69 Å². The van der Waals surface area contributed by atoms with Crippen molar-refractivity contribution >= 4 is 12.0 Å². The van der Waals surface area contributed by atoms with E-state index in [0.29, 0.717) is 5.56 Å². The van der Waals surface area contributed by atoms with Gasteiger partial charge in [0.1, 0.15) is 0 Å². The molecule has 1 fully saturated rings. The van der Waals surface area contributed by atoms with E-state index in [1.165, 1.54) is 18.5 Å². The van der Waals surface area contributed by atoms with Crippen LogP contribution in [0.5, 0.6) is 0 Å². The second-order valence-corrected chi connectivity index (χ2v) is 6.30. The van der Waals surface area contributed by atoms with E-state index in [9.17, 15) is 4.79 Å². The number of carbonyl (C=O) groups excluding carboxylic acids is 1. The van der Waals surface area contributed by atoms with Crippen molar-refractivity contribution in [3.05, 3.63) is 41.2 Å². The Hall–Kier alpha value is -2.10. The third-order valence-corrected chi connectivity index (χ3v) is 4.71. The first-order valence-electron chi connectivity index (χ1n) is 7.97. The van der Waals surface area contributed by atoms with Crippen molar-refractivity contribution in [3.8, 4) is 5.69 Å². The molecule has 0 radical (unpaired) electrons. The second kappa shape index (κ2) is 5.95. The lowest BCUT2D eigenvalue weighted by Gasteiger charge is -2.32. The van der Waals surface area contributed by atoms with Gasteiger partial charge in [0.15, 0.2) is 6.29 Å². The van der Waals surface area contributed by atoms with E-state index in [0.717, 1.165) is 42.4 Å². The lowest BCUT2D eigenvalue weighted by Crippen LogP contribution is -2.32. The Morgan fingerprint density at radius 3 is 2.23 bits per heavy atom. The van der Waals surface area contributed by atoms with E-state index in [4.69, 9.17) is 0 Å². The van der Waals surface area contributed by atoms with Crippen LogP contribution in [0.3, 0.4) is 0 Å². The van der Waals surface area contributed by atoms with E-state index >= 15 is 0 Å². The maximum Gasteiger partial charge on any atom is 0.153 e. The number of hydrogen-bond donors (Lipinski definition) is 0. The van der Waals surface area contributed by atoms with Crippen LogP contribution in [0.2, 0.25) is 0 Å². The molecule has 0 spiro atoms. The maximum atomic E-state index is 11.1. The highest BCUT2D eigenvalue weighted by atomic mass is 16.1. The second-order valence-electron chi connectivity index (χ2n) is 6.30. The van der Waals surface area contributed by atoms with Crippen LogP contribution >= 0.6 is 0 Å². The van der Waals surface area contributed by atoms with Crippen LogP contribution in [0.15, 0.2) is 24.3 Å². The van der Waals surface area contributed by atoms with E-state index in [2.05, 4.69) is 41.2 Å². The zero-order valence-electron chi connectivity index (χ0n) is 13.5. The van der Waals surface area contributed by atoms with Crippen molar-refractivity contribution in [2.24, 2.45) is 5.92 Å². The quantitative estimate of drug-likeness (QED) is 0.813. The summed E-state index contributed by atoms with van der Waals surface area (Å²) < 4.78 is 1.85. The van der Waals surface area contributed by atoms with Crippen molar-refractivity contribution in [3.63, 3.8) is 0 Å². The summed E-state index contributed by atoms with van der Waals surface area (Å²) in [6, 6.07) is 8.48. The molecule has 4 heteroatoms. The topological polar surface area (TPSA) is 38.1 Å².